The van der Waals surface area contributed by atoms with E-state index >= 15 is 4.39 Å². The van der Waals surface area contributed by atoms with Gasteiger partial charge in [-0.2, -0.15) is 0 Å². The summed E-state index contributed by atoms with van der Waals surface area (Å²) in [7, 11) is 4.14. The number of hydrogen-bond donors (Lipinski definition) is 2. The monoisotopic (exact) mass is 594 g/mol. The number of amidine groups is 1. The number of halogens is 1. The van der Waals surface area contributed by atoms with Crippen LogP contribution in [0.15, 0.2) is 41.4 Å². The number of amides is 1. The molecule has 2 aliphatic rings. The van der Waals surface area contributed by atoms with Gasteiger partial charge in [-0.1, -0.05) is 25.5 Å². The Kier molecular flexibility index (Phi) is 10.8. The van der Waals surface area contributed by atoms with E-state index < -0.39 is 0 Å². The molecule has 2 fully saturated rings. The molecular weight excluding hydrogens is 543 g/mol. The maximum atomic E-state index is 15.9. The SMILES string of the molecule is CCCC(C(=Nc1cc(F)c(N2CCC(c3cccc(O)c3)(N(C)C)CC2)cc1C)N(C=O)CC)N1CC(C)NC(C)C1. The summed E-state index contributed by atoms with van der Waals surface area (Å²) < 4.78 is 15.9. The van der Waals surface area contributed by atoms with Crippen LogP contribution in [-0.2, 0) is 10.3 Å². The van der Waals surface area contributed by atoms with Crippen LogP contribution in [0.1, 0.15) is 64.5 Å². The van der Waals surface area contributed by atoms with Gasteiger partial charge in [-0.3, -0.25) is 14.6 Å². The van der Waals surface area contributed by atoms with Crippen molar-refractivity contribution in [3.8, 4) is 5.75 Å². The van der Waals surface area contributed by atoms with Crippen LogP contribution in [0.4, 0.5) is 15.8 Å². The molecule has 3 atom stereocenters. The summed E-state index contributed by atoms with van der Waals surface area (Å²) in [6.45, 7) is 14.0. The highest BCUT2D eigenvalue weighted by Gasteiger charge is 2.39. The first-order chi connectivity index (χ1) is 20.5. The summed E-state index contributed by atoms with van der Waals surface area (Å²) >= 11 is 0. The van der Waals surface area contributed by atoms with E-state index in [0.717, 1.165) is 56.3 Å². The number of aliphatic imine (C=N–C) groups is 1. The summed E-state index contributed by atoms with van der Waals surface area (Å²) in [6.07, 6.45) is 4.27. The van der Waals surface area contributed by atoms with Gasteiger partial charge in [-0.05, 0) is 90.4 Å². The van der Waals surface area contributed by atoms with Gasteiger partial charge in [0.1, 0.15) is 17.4 Å². The molecule has 1 amide bonds. The maximum absolute atomic E-state index is 15.9. The molecule has 9 heteroatoms. The molecule has 0 bridgehead atoms. The number of carbonyl (C=O) groups is 1. The second kappa shape index (κ2) is 14.2. The number of rotatable bonds is 10. The minimum atomic E-state index is -0.302. The molecule has 2 N–H and O–H groups in total. The van der Waals surface area contributed by atoms with Gasteiger partial charge >= 0.3 is 0 Å². The maximum Gasteiger partial charge on any atom is 0.215 e. The first-order valence-corrected chi connectivity index (χ1v) is 15.9. The van der Waals surface area contributed by atoms with E-state index in [-0.39, 0.29) is 23.1 Å². The van der Waals surface area contributed by atoms with Crippen molar-refractivity contribution in [3.05, 3.63) is 53.3 Å². The molecule has 0 spiro atoms. The van der Waals surface area contributed by atoms with Crippen molar-refractivity contribution in [2.24, 2.45) is 4.99 Å². The Hall–Kier alpha value is -3.01. The molecule has 2 saturated heterocycles. The smallest absolute Gasteiger partial charge is 0.215 e. The normalized spacial score (nSPS) is 22.1. The molecule has 0 aliphatic carbocycles. The van der Waals surface area contributed by atoms with Gasteiger partial charge in [0.15, 0.2) is 0 Å². The summed E-state index contributed by atoms with van der Waals surface area (Å²) in [6, 6.07) is 11.6. The zero-order chi connectivity index (χ0) is 31.3. The number of likely N-dealkylation sites (N-methyl/N-ethyl adjacent to an activating group) is 1. The van der Waals surface area contributed by atoms with Crippen LogP contribution in [0.2, 0.25) is 0 Å². The average molecular weight is 595 g/mol. The highest BCUT2D eigenvalue weighted by atomic mass is 19.1. The number of nitrogens with zero attached hydrogens (tertiary/aromatic N) is 5. The van der Waals surface area contributed by atoms with Crippen LogP contribution in [0.25, 0.3) is 0 Å². The van der Waals surface area contributed by atoms with Crippen LogP contribution in [0, 0.1) is 12.7 Å². The Morgan fingerprint density at radius 1 is 1.16 bits per heavy atom. The van der Waals surface area contributed by atoms with Gasteiger partial charge in [-0.15, -0.1) is 0 Å². The molecule has 8 nitrogen and oxygen atoms in total. The highest BCUT2D eigenvalue weighted by Crippen LogP contribution is 2.41. The third-order valence-electron chi connectivity index (χ3n) is 9.32. The van der Waals surface area contributed by atoms with E-state index in [2.05, 4.69) is 60.9 Å². The lowest BCUT2D eigenvalue weighted by Gasteiger charge is -2.47. The molecule has 2 aliphatic heterocycles. The van der Waals surface area contributed by atoms with Gasteiger partial charge in [-0.25, -0.2) is 9.38 Å². The summed E-state index contributed by atoms with van der Waals surface area (Å²) in [5, 5.41) is 13.7. The second-order valence-electron chi connectivity index (χ2n) is 12.6. The fraction of sp³-hybridized carbons (Fsp3) is 0.588. The van der Waals surface area contributed by atoms with E-state index in [9.17, 15) is 9.90 Å². The lowest BCUT2D eigenvalue weighted by atomic mass is 9.79. The van der Waals surface area contributed by atoms with Crippen molar-refractivity contribution in [1.29, 1.82) is 0 Å². The summed E-state index contributed by atoms with van der Waals surface area (Å²) in [5.41, 5.74) is 2.88. The topological polar surface area (TPSA) is 74.7 Å². The first-order valence-electron chi connectivity index (χ1n) is 15.9. The highest BCUT2D eigenvalue weighted by molar-refractivity contribution is 5.96. The van der Waals surface area contributed by atoms with Crippen LogP contribution in [0.3, 0.4) is 0 Å². The van der Waals surface area contributed by atoms with Crippen molar-refractivity contribution in [2.45, 2.75) is 84.0 Å². The quantitative estimate of drug-likeness (QED) is 0.222. The minimum Gasteiger partial charge on any atom is -0.508 e. The lowest BCUT2D eigenvalue weighted by molar-refractivity contribution is -0.114. The zero-order valence-corrected chi connectivity index (χ0v) is 27.1. The third-order valence-corrected chi connectivity index (χ3v) is 9.32. The number of piperidine rings is 1. The number of anilines is 1. The molecule has 3 unspecified atom stereocenters. The molecular formula is C34H51FN6O2. The minimum absolute atomic E-state index is 0.0389. The third kappa shape index (κ3) is 7.21. The fourth-order valence-electron chi connectivity index (χ4n) is 7.04. The molecule has 43 heavy (non-hydrogen) atoms. The van der Waals surface area contributed by atoms with E-state index in [1.54, 1.807) is 17.0 Å². The van der Waals surface area contributed by atoms with E-state index in [0.29, 0.717) is 48.9 Å². The van der Waals surface area contributed by atoms with Crippen LogP contribution >= 0.6 is 0 Å². The lowest BCUT2D eigenvalue weighted by Crippen LogP contribution is -2.60. The predicted octanol–water partition coefficient (Wildman–Crippen LogP) is 5.26. The van der Waals surface area contributed by atoms with Crippen molar-refractivity contribution in [3.63, 3.8) is 0 Å². The van der Waals surface area contributed by atoms with E-state index in [4.69, 9.17) is 4.99 Å². The molecule has 0 radical (unpaired) electrons. The van der Waals surface area contributed by atoms with Crippen molar-refractivity contribution in [1.82, 2.24) is 20.0 Å². The van der Waals surface area contributed by atoms with Gasteiger partial charge in [0.2, 0.25) is 6.41 Å². The van der Waals surface area contributed by atoms with Gasteiger partial charge < -0.3 is 20.2 Å². The number of phenols is 1. The van der Waals surface area contributed by atoms with E-state index in [1.165, 1.54) is 0 Å². The van der Waals surface area contributed by atoms with Gasteiger partial charge in [0.05, 0.1) is 17.4 Å². The number of piperazine rings is 1. The largest absolute Gasteiger partial charge is 0.508 e. The molecule has 4 rings (SSSR count). The summed E-state index contributed by atoms with van der Waals surface area (Å²) in [5.74, 6) is 0.650. The fourth-order valence-corrected chi connectivity index (χ4v) is 7.04. The van der Waals surface area contributed by atoms with Crippen molar-refractivity contribution in [2.75, 3.05) is 51.7 Å². The van der Waals surface area contributed by atoms with Crippen LogP contribution in [0.5, 0.6) is 5.75 Å². The number of aromatic hydroxyl groups is 1. The average Bonchev–Trinajstić information content (AvgIpc) is 2.97. The predicted molar refractivity (Wildman–Crippen MR) is 174 cm³/mol. The van der Waals surface area contributed by atoms with Crippen LogP contribution < -0.4 is 10.2 Å². The number of aryl methyl sites for hydroxylation is 1. The number of benzene rings is 2. The Labute approximate surface area is 257 Å². The van der Waals surface area contributed by atoms with Crippen molar-refractivity contribution < 1.29 is 14.3 Å². The Bertz CT molecular complexity index is 1270. The van der Waals surface area contributed by atoms with Crippen LogP contribution in [-0.4, -0.2) is 97.0 Å². The molecule has 236 valence electrons. The molecule has 0 aromatic heterocycles. The second-order valence-corrected chi connectivity index (χ2v) is 12.6. The molecule has 2 aromatic carbocycles. The van der Waals surface area contributed by atoms with Crippen molar-refractivity contribution >= 4 is 23.6 Å². The number of nitrogens with one attached hydrogen (secondary N) is 1. The molecule has 2 aromatic rings. The van der Waals surface area contributed by atoms with Gasteiger partial charge in [0, 0.05) is 56.4 Å². The standard InChI is InChI=1S/C34H51FN6O2/c1-8-11-31(41-21-25(4)36-26(5)22-41)33(39(9-2)23-42)37-30-20-29(35)32(18-24(30)3)40-16-14-34(15-17-40,38(6)7)27-12-10-13-28(43)19-27/h10,12-13,18-20,23,25-26,31,36,43H,8-9,11,14-17,21-22H2,1-7H3. The molecule has 0 saturated carbocycles. The van der Waals surface area contributed by atoms with Gasteiger partial charge in [0.25, 0.3) is 0 Å². The summed E-state index contributed by atoms with van der Waals surface area (Å²) in [4.78, 5) is 25.7. The molecule has 2 heterocycles. The van der Waals surface area contributed by atoms with E-state index in [1.807, 2.05) is 32.0 Å². The Morgan fingerprint density at radius 2 is 1.84 bits per heavy atom. The number of hydrogen-bond acceptors (Lipinski definition) is 7. The first kappa shape index (κ1) is 32.9. The Balaban J connectivity index is 1.64. The number of carbonyl (C=O) groups excluding carboxylic acids is 1. The Morgan fingerprint density at radius 3 is 2.40 bits per heavy atom. The number of phenolic OH excluding ortho intramolecular Hbond substituents is 1. The zero-order valence-electron chi connectivity index (χ0n) is 27.1.